The second kappa shape index (κ2) is 8.63. The molecule has 0 bridgehead atoms. The number of hydrogen-bond acceptors (Lipinski definition) is 4. The van der Waals surface area contributed by atoms with E-state index in [-0.39, 0.29) is 5.91 Å². The van der Waals surface area contributed by atoms with Gasteiger partial charge in [0.15, 0.2) is 11.5 Å². The second-order valence-electron chi connectivity index (χ2n) is 7.85. The highest BCUT2D eigenvalue weighted by molar-refractivity contribution is 6.33. The lowest BCUT2D eigenvalue weighted by Crippen LogP contribution is -2.36. The largest absolute Gasteiger partial charge is 0.493 e. The number of rotatable bonds is 5. The van der Waals surface area contributed by atoms with Gasteiger partial charge in [-0.2, -0.15) is 5.10 Å². The summed E-state index contributed by atoms with van der Waals surface area (Å²) in [5.41, 5.74) is 5.61. The Morgan fingerprint density at radius 2 is 1.71 bits per heavy atom. The van der Waals surface area contributed by atoms with E-state index in [2.05, 4.69) is 17.2 Å². The predicted molar refractivity (Wildman–Crippen MR) is 120 cm³/mol. The van der Waals surface area contributed by atoms with E-state index in [1.165, 1.54) is 11.1 Å². The number of carbonyl (C=O) groups excluding carboxylic acids is 1. The topological polar surface area (TPSA) is 56.6 Å². The van der Waals surface area contributed by atoms with Crippen LogP contribution in [0.15, 0.2) is 36.4 Å². The van der Waals surface area contributed by atoms with E-state index >= 15 is 0 Å². The molecule has 31 heavy (non-hydrogen) atoms. The summed E-state index contributed by atoms with van der Waals surface area (Å²) in [5, 5.41) is 4.91. The first kappa shape index (κ1) is 21.2. The summed E-state index contributed by atoms with van der Waals surface area (Å²) < 4.78 is 12.5. The van der Waals surface area contributed by atoms with Gasteiger partial charge in [0.1, 0.15) is 5.15 Å². The Morgan fingerprint density at radius 1 is 1.06 bits per heavy atom. The van der Waals surface area contributed by atoms with Crippen LogP contribution in [0, 0.1) is 13.8 Å². The maximum atomic E-state index is 13.4. The number of halogens is 1. The average molecular weight is 440 g/mol. The fourth-order valence-corrected chi connectivity index (χ4v) is 4.30. The Morgan fingerprint density at radius 3 is 2.35 bits per heavy atom. The SMILES string of the molecule is COc1cc2c(cc1OC)CN(C(=O)c1c(C)nn(Cc3ccc(C)cc3)c1Cl)CC2. The molecule has 0 saturated carbocycles. The first-order valence-electron chi connectivity index (χ1n) is 10.2. The maximum Gasteiger partial charge on any atom is 0.259 e. The van der Waals surface area contributed by atoms with Crippen LogP contribution in [0.5, 0.6) is 11.5 Å². The number of aryl methyl sites for hydroxylation is 2. The summed E-state index contributed by atoms with van der Waals surface area (Å²) in [6, 6.07) is 12.2. The molecule has 0 N–H and O–H groups in total. The van der Waals surface area contributed by atoms with Gasteiger partial charge in [-0.15, -0.1) is 0 Å². The Hall–Kier alpha value is -2.99. The third kappa shape index (κ3) is 4.12. The van der Waals surface area contributed by atoms with Gasteiger partial charge < -0.3 is 14.4 Å². The lowest BCUT2D eigenvalue weighted by atomic mass is 9.98. The van der Waals surface area contributed by atoms with Gasteiger partial charge in [-0.1, -0.05) is 41.4 Å². The van der Waals surface area contributed by atoms with Gasteiger partial charge in [-0.25, -0.2) is 4.68 Å². The van der Waals surface area contributed by atoms with E-state index in [4.69, 9.17) is 21.1 Å². The quantitative estimate of drug-likeness (QED) is 0.590. The molecule has 1 aliphatic heterocycles. The Balaban J connectivity index is 1.58. The van der Waals surface area contributed by atoms with Crippen molar-refractivity contribution in [3.8, 4) is 11.5 Å². The van der Waals surface area contributed by atoms with Gasteiger partial charge in [0.05, 0.1) is 32.0 Å². The van der Waals surface area contributed by atoms with Crippen molar-refractivity contribution in [1.82, 2.24) is 14.7 Å². The smallest absolute Gasteiger partial charge is 0.259 e. The second-order valence-corrected chi connectivity index (χ2v) is 8.21. The van der Waals surface area contributed by atoms with Crippen LogP contribution in [0.2, 0.25) is 5.15 Å². The highest BCUT2D eigenvalue weighted by Crippen LogP contribution is 2.34. The summed E-state index contributed by atoms with van der Waals surface area (Å²) >= 11 is 6.63. The summed E-state index contributed by atoms with van der Waals surface area (Å²) in [5.74, 6) is 1.27. The van der Waals surface area contributed by atoms with Crippen molar-refractivity contribution < 1.29 is 14.3 Å². The number of hydrogen-bond donors (Lipinski definition) is 0. The van der Waals surface area contributed by atoms with Crippen LogP contribution in [-0.2, 0) is 19.5 Å². The van der Waals surface area contributed by atoms with Crippen molar-refractivity contribution in [3.63, 3.8) is 0 Å². The molecule has 0 spiro atoms. The highest BCUT2D eigenvalue weighted by Gasteiger charge is 2.28. The van der Waals surface area contributed by atoms with Crippen molar-refractivity contribution in [2.75, 3.05) is 20.8 Å². The maximum absolute atomic E-state index is 13.4. The molecule has 1 aliphatic rings. The molecule has 162 valence electrons. The minimum absolute atomic E-state index is 0.0990. The van der Waals surface area contributed by atoms with Crippen molar-refractivity contribution in [2.24, 2.45) is 0 Å². The number of fused-ring (bicyclic) bond motifs is 1. The van der Waals surface area contributed by atoms with Crippen LogP contribution in [0.1, 0.15) is 38.3 Å². The fourth-order valence-electron chi connectivity index (χ4n) is 3.98. The van der Waals surface area contributed by atoms with Gasteiger partial charge in [-0.05, 0) is 49.1 Å². The summed E-state index contributed by atoms with van der Waals surface area (Å²) in [7, 11) is 3.24. The summed E-state index contributed by atoms with van der Waals surface area (Å²) in [6.45, 7) is 5.51. The molecule has 7 heteroatoms. The molecule has 0 atom stereocenters. The number of methoxy groups -OCH3 is 2. The van der Waals surface area contributed by atoms with Crippen molar-refractivity contribution in [1.29, 1.82) is 0 Å². The standard InChI is InChI=1S/C24H26ClN3O3/c1-15-5-7-17(8-6-15)13-28-23(25)22(16(2)26-28)24(29)27-10-9-18-11-20(30-3)21(31-4)12-19(18)14-27/h5-8,11-12H,9-10,13-14H2,1-4H3. The first-order chi connectivity index (χ1) is 14.9. The third-order valence-electron chi connectivity index (χ3n) is 5.74. The molecular weight excluding hydrogens is 414 g/mol. The highest BCUT2D eigenvalue weighted by atomic mass is 35.5. The van der Waals surface area contributed by atoms with E-state index in [1.807, 2.05) is 43.0 Å². The van der Waals surface area contributed by atoms with Crippen LogP contribution in [-0.4, -0.2) is 41.4 Å². The van der Waals surface area contributed by atoms with Gasteiger partial charge in [-0.3, -0.25) is 4.79 Å². The van der Waals surface area contributed by atoms with Gasteiger partial charge >= 0.3 is 0 Å². The molecule has 1 aromatic heterocycles. The number of amides is 1. The minimum atomic E-state index is -0.0990. The molecule has 6 nitrogen and oxygen atoms in total. The molecule has 0 unspecified atom stereocenters. The summed E-state index contributed by atoms with van der Waals surface area (Å²) in [4.78, 5) is 15.2. The van der Waals surface area contributed by atoms with Crippen LogP contribution in [0.4, 0.5) is 0 Å². The summed E-state index contributed by atoms with van der Waals surface area (Å²) in [6.07, 6.45) is 0.746. The molecule has 0 saturated heterocycles. The first-order valence-corrected chi connectivity index (χ1v) is 10.6. The Kier molecular flexibility index (Phi) is 5.92. The molecule has 2 heterocycles. The van der Waals surface area contributed by atoms with Crippen molar-refractivity contribution >= 4 is 17.5 Å². The third-order valence-corrected chi connectivity index (χ3v) is 6.12. The number of carbonyl (C=O) groups is 1. The molecule has 0 fully saturated rings. The number of benzene rings is 2. The molecule has 0 radical (unpaired) electrons. The normalized spacial score (nSPS) is 13.1. The lowest BCUT2D eigenvalue weighted by Gasteiger charge is -2.29. The van der Waals surface area contributed by atoms with Gasteiger partial charge in [0.25, 0.3) is 5.91 Å². The number of nitrogens with zero attached hydrogens (tertiary/aromatic N) is 3. The Labute approximate surface area is 187 Å². The zero-order valence-electron chi connectivity index (χ0n) is 18.2. The van der Waals surface area contributed by atoms with Crippen molar-refractivity contribution in [3.05, 3.63) is 75.1 Å². The molecule has 1 amide bonds. The van der Waals surface area contributed by atoms with Crippen LogP contribution >= 0.6 is 11.6 Å². The van der Waals surface area contributed by atoms with Crippen LogP contribution < -0.4 is 9.47 Å². The molecule has 0 aliphatic carbocycles. The predicted octanol–water partition coefficient (Wildman–Crippen LogP) is 4.42. The number of ether oxygens (including phenoxy) is 2. The number of aromatic nitrogens is 2. The van der Waals surface area contributed by atoms with E-state index in [0.717, 1.165) is 17.5 Å². The van der Waals surface area contributed by atoms with Crippen molar-refractivity contribution in [2.45, 2.75) is 33.4 Å². The van der Waals surface area contributed by atoms with E-state index < -0.39 is 0 Å². The van der Waals surface area contributed by atoms with E-state index in [0.29, 0.717) is 47.5 Å². The monoisotopic (exact) mass is 439 g/mol. The fraction of sp³-hybridized carbons (Fsp3) is 0.333. The van der Waals surface area contributed by atoms with Crippen LogP contribution in [0.3, 0.4) is 0 Å². The average Bonchev–Trinajstić information content (AvgIpc) is 3.06. The molecule has 2 aromatic carbocycles. The van der Waals surface area contributed by atoms with E-state index in [1.54, 1.807) is 18.9 Å². The molecular formula is C24H26ClN3O3. The minimum Gasteiger partial charge on any atom is -0.493 e. The Bertz CT molecular complexity index is 1120. The molecule has 4 rings (SSSR count). The zero-order chi connectivity index (χ0) is 22.1. The van der Waals surface area contributed by atoms with Gasteiger partial charge in [0.2, 0.25) is 0 Å². The van der Waals surface area contributed by atoms with E-state index in [9.17, 15) is 4.79 Å². The van der Waals surface area contributed by atoms with Crippen LogP contribution in [0.25, 0.3) is 0 Å². The lowest BCUT2D eigenvalue weighted by molar-refractivity contribution is 0.0733. The van der Waals surface area contributed by atoms with Gasteiger partial charge in [0, 0.05) is 13.1 Å². The zero-order valence-corrected chi connectivity index (χ0v) is 19.0. The molecule has 3 aromatic rings.